The molecule has 10 nitrogen and oxygen atoms in total. The van der Waals surface area contributed by atoms with Crippen molar-refractivity contribution in [1.29, 1.82) is 0 Å². The lowest BCUT2D eigenvalue weighted by molar-refractivity contribution is -0.136. The van der Waals surface area contributed by atoms with Gasteiger partial charge in [0.05, 0.1) is 5.92 Å². The van der Waals surface area contributed by atoms with Gasteiger partial charge < -0.3 is 35.7 Å². The van der Waals surface area contributed by atoms with Gasteiger partial charge >= 0.3 is 13.1 Å². The van der Waals surface area contributed by atoms with Crippen LogP contribution >= 0.6 is 0 Å². The molecule has 1 aliphatic heterocycles. The third-order valence-electron chi connectivity index (χ3n) is 9.73. The van der Waals surface area contributed by atoms with Crippen molar-refractivity contribution in [2.45, 2.75) is 75.7 Å². The zero-order chi connectivity index (χ0) is 32.5. The summed E-state index contributed by atoms with van der Waals surface area (Å²) in [5.74, 6) is -0.488. The zero-order valence-corrected chi connectivity index (χ0v) is 27.3. The number of rotatable bonds is 9. The normalized spacial score (nSPS) is 18.7. The van der Waals surface area contributed by atoms with E-state index in [1.807, 2.05) is 68.3 Å². The van der Waals surface area contributed by atoms with Gasteiger partial charge in [-0.05, 0) is 62.7 Å². The highest BCUT2D eigenvalue weighted by molar-refractivity contribution is 6.45. The highest BCUT2D eigenvalue weighted by Crippen LogP contribution is 2.52. The lowest BCUT2D eigenvalue weighted by atomic mass is 9.73. The van der Waals surface area contributed by atoms with E-state index in [0.29, 0.717) is 13.1 Å². The fourth-order valence-corrected chi connectivity index (χ4v) is 7.41. The first-order chi connectivity index (χ1) is 21.3. The Morgan fingerprint density at radius 1 is 1.11 bits per heavy atom. The van der Waals surface area contributed by atoms with Gasteiger partial charge in [-0.25, -0.2) is 4.79 Å². The van der Waals surface area contributed by atoms with E-state index < -0.39 is 24.7 Å². The number of aromatic nitrogens is 1. The van der Waals surface area contributed by atoms with Crippen LogP contribution in [0.2, 0.25) is 6.82 Å². The number of hydrogen-bond acceptors (Lipinski definition) is 5. The molecule has 1 aromatic heterocycles. The third-order valence-corrected chi connectivity index (χ3v) is 9.73. The molecule has 1 spiro atoms. The second-order valence-electron chi connectivity index (χ2n) is 13.8. The Hall–Kier alpha value is -3.83. The van der Waals surface area contributed by atoms with Gasteiger partial charge in [0.2, 0.25) is 11.8 Å². The Labute approximate surface area is 266 Å². The van der Waals surface area contributed by atoms with Crippen molar-refractivity contribution in [3.8, 4) is 0 Å². The summed E-state index contributed by atoms with van der Waals surface area (Å²) in [6.07, 6.45) is 4.18. The van der Waals surface area contributed by atoms with Gasteiger partial charge in [-0.2, -0.15) is 0 Å². The van der Waals surface area contributed by atoms with E-state index in [1.54, 1.807) is 25.8 Å². The third kappa shape index (κ3) is 6.74. The van der Waals surface area contributed by atoms with Crippen LogP contribution in [0.15, 0.2) is 54.7 Å². The molecule has 3 aromatic rings. The zero-order valence-electron chi connectivity index (χ0n) is 27.3. The number of fused-ring (bicyclic) bond motifs is 3. The molecule has 1 unspecified atom stereocenters. The van der Waals surface area contributed by atoms with Crippen LogP contribution in [0.3, 0.4) is 0 Å². The SMILES string of the molecule is CB(O)NC(C)(C)CNC(=O)NC(C(=O)N1CCC2(CC1)C[C@@H](C(=O)N(C)C)c1ccccc12)[C@H](C)c1c[nH]c2ccccc12. The van der Waals surface area contributed by atoms with Crippen LogP contribution < -0.4 is 15.9 Å². The first-order valence-corrected chi connectivity index (χ1v) is 16.0. The van der Waals surface area contributed by atoms with E-state index in [1.165, 1.54) is 5.56 Å². The molecule has 4 amide bonds. The van der Waals surface area contributed by atoms with Crippen molar-refractivity contribution in [1.82, 2.24) is 30.6 Å². The van der Waals surface area contributed by atoms with Gasteiger partial charge in [0.15, 0.2) is 0 Å². The Morgan fingerprint density at radius 2 is 1.78 bits per heavy atom. The van der Waals surface area contributed by atoms with Crippen molar-refractivity contribution in [3.63, 3.8) is 0 Å². The maximum Gasteiger partial charge on any atom is 0.374 e. The molecule has 2 aliphatic rings. The summed E-state index contributed by atoms with van der Waals surface area (Å²) < 4.78 is 0. The largest absolute Gasteiger partial charge is 0.437 e. The number of nitrogens with zero attached hydrogens (tertiary/aromatic N) is 2. The molecule has 5 N–H and O–H groups in total. The van der Waals surface area contributed by atoms with Crippen LogP contribution in [0.5, 0.6) is 0 Å². The van der Waals surface area contributed by atoms with Gasteiger partial charge in [-0.1, -0.05) is 49.4 Å². The molecule has 0 saturated carbocycles. The number of carbonyl (C=O) groups excluding carboxylic acids is 3. The molecule has 45 heavy (non-hydrogen) atoms. The van der Waals surface area contributed by atoms with Gasteiger partial charge in [-0.15, -0.1) is 0 Å². The smallest absolute Gasteiger partial charge is 0.374 e. The van der Waals surface area contributed by atoms with Gasteiger partial charge in [-0.3, -0.25) is 9.59 Å². The van der Waals surface area contributed by atoms with Crippen molar-refractivity contribution in [3.05, 3.63) is 71.4 Å². The van der Waals surface area contributed by atoms with E-state index in [9.17, 15) is 19.4 Å². The summed E-state index contributed by atoms with van der Waals surface area (Å²) in [7, 11) is 2.88. The first-order valence-electron chi connectivity index (χ1n) is 16.0. The number of amides is 4. The number of benzene rings is 2. The number of likely N-dealkylation sites (tertiary alicyclic amines) is 1. The molecule has 0 bridgehead atoms. The van der Waals surface area contributed by atoms with E-state index in [0.717, 1.165) is 41.3 Å². The van der Waals surface area contributed by atoms with Gasteiger partial charge in [0.1, 0.15) is 6.04 Å². The van der Waals surface area contributed by atoms with Crippen molar-refractivity contribution in [2.24, 2.45) is 0 Å². The molecule has 1 fully saturated rings. The topological polar surface area (TPSA) is 130 Å². The minimum absolute atomic E-state index is 0.118. The van der Waals surface area contributed by atoms with Crippen molar-refractivity contribution < 1.29 is 19.4 Å². The number of H-pyrrole nitrogens is 1. The van der Waals surface area contributed by atoms with Crippen LogP contribution in [0.25, 0.3) is 10.9 Å². The number of likely N-dealkylation sites (N-methyl/N-ethyl adjacent to an activating group) is 1. The van der Waals surface area contributed by atoms with E-state index in [-0.39, 0.29) is 35.6 Å². The molecule has 240 valence electrons. The van der Waals surface area contributed by atoms with Crippen molar-refractivity contribution >= 4 is 35.8 Å². The average Bonchev–Trinajstić information content (AvgIpc) is 3.57. The number of hydrogen-bond donors (Lipinski definition) is 5. The Morgan fingerprint density at radius 3 is 2.47 bits per heavy atom. The summed E-state index contributed by atoms with van der Waals surface area (Å²) >= 11 is 0. The summed E-state index contributed by atoms with van der Waals surface area (Å²) in [6.45, 7) is 8.73. The van der Waals surface area contributed by atoms with Crippen LogP contribution in [-0.2, 0) is 15.0 Å². The van der Waals surface area contributed by atoms with E-state index >= 15 is 0 Å². The lowest BCUT2D eigenvalue weighted by Crippen LogP contribution is -2.58. The van der Waals surface area contributed by atoms with Crippen LogP contribution in [0.1, 0.15) is 68.6 Å². The van der Waals surface area contributed by atoms with E-state index in [4.69, 9.17) is 0 Å². The quantitative estimate of drug-likeness (QED) is 0.236. The van der Waals surface area contributed by atoms with Crippen molar-refractivity contribution in [2.75, 3.05) is 33.7 Å². The summed E-state index contributed by atoms with van der Waals surface area (Å²) in [6, 6.07) is 15.0. The van der Waals surface area contributed by atoms with Gasteiger partial charge in [0.25, 0.3) is 0 Å². The first kappa shape index (κ1) is 32.6. The minimum atomic E-state index is -0.801. The molecular formula is C34H47BN6O4. The number of carbonyl (C=O) groups is 3. The fraction of sp³-hybridized carbons (Fsp3) is 0.500. The van der Waals surface area contributed by atoms with Crippen LogP contribution in [-0.4, -0.2) is 90.0 Å². The summed E-state index contributed by atoms with van der Waals surface area (Å²) in [5, 5.41) is 19.7. The summed E-state index contributed by atoms with van der Waals surface area (Å²) in [5.41, 5.74) is 3.55. The Kier molecular flexibility index (Phi) is 9.32. The number of urea groups is 1. The number of para-hydroxylation sites is 1. The molecular weight excluding hydrogens is 567 g/mol. The molecule has 5 rings (SSSR count). The molecule has 1 saturated heterocycles. The lowest BCUT2D eigenvalue weighted by Gasteiger charge is -2.42. The highest BCUT2D eigenvalue weighted by atomic mass is 16.2. The second kappa shape index (κ2) is 12.9. The average molecular weight is 615 g/mol. The number of nitrogens with one attached hydrogen (secondary N) is 4. The number of piperidine rings is 1. The maximum absolute atomic E-state index is 14.3. The van der Waals surface area contributed by atoms with E-state index in [2.05, 4.69) is 33.0 Å². The number of aromatic amines is 1. The Bertz CT molecular complexity index is 1540. The second-order valence-corrected chi connectivity index (χ2v) is 13.8. The fourth-order valence-electron chi connectivity index (χ4n) is 7.41. The monoisotopic (exact) mass is 614 g/mol. The molecule has 1 aliphatic carbocycles. The molecule has 2 heterocycles. The maximum atomic E-state index is 14.3. The van der Waals surface area contributed by atoms with Crippen LogP contribution in [0.4, 0.5) is 4.79 Å². The predicted octanol–water partition coefficient (Wildman–Crippen LogP) is 3.55. The Balaban J connectivity index is 1.35. The summed E-state index contributed by atoms with van der Waals surface area (Å²) in [4.78, 5) is 47.6. The molecule has 3 atom stereocenters. The molecule has 0 radical (unpaired) electrons. The van der Waals surface area contributed by atoms with Crippen LogP contribution in [0, 0.1) is 0 Å². The predicted molar refractivity (Wildman–Crippen MR) is 178 cm³/mol. The van der Waals surface area contributed by atoms with Gasteiger partial charge in [0, 0.05) is 67.7 Å². The molecule has 11 heteroatoms. The minimum Gasteiger partial charge on any atom is -0.437 e. The highest BCUT2D eigenvalue weighted by Gasteiger charge is 2.49. The standard InChI is InChI=1S/C34H47BN6O4/c1-22(26-20-36-28-14-10-8-12-24(26)28)29(38-32(44)37-21-33(2,3)39-35(4)45)31(43)41-17-15-34(16-18-41)19-25(30(42)40(5)6)23-11-7-9-13-27(23)34/h7-14,20,22,25,29,36,39,45H,15-19,21H2,1-6H3,(H2,37,38,44)/t22-,25-,29?/m1/s1. The molecule has 2 aromatic carbocycles.